The molecule has 17 heavy (non-hydrogen) atoms. The van der Waals surface area contributed by atoms with Crippen molar-refractivity contribution in [3.63, 3.8) is 0 Å². The molecule has 0 aliphatic carbocycles. The van der Waals surface area contributed by atoms with Crippen LogP contribution in [0.5, 0.6) is 5.75 Å². The SMILES string of the molecule is NS(=O)(=O)c1cnc([N+](=O)[O-])c(O)c1C(F)F. The van der Waals surface area contributed by atoms with Crippen LogP contribution in [0, 0.1) is 10.1 Å². The Labute approximate surface area is 92.9 Å². The standard InChI is InChI=1S/C6H5F2N3O5S/c7-5(8)3-2(17(9,15)16)1-10-6(4(3)12)11(13)14/h1,5,12H,(H2,9,15,16). The maximum Gasteiger partial charge on any atom is 0.406 e. The maximum atomic E-state index is 12.5. The highest BCUT2D eigenvalue weighted by atomic mass is 32.2. The normalized spacial score (nSPS) is 11.8. The van der Waals surface area contributed by atoms with Crippen LogP contribution in [0.3, 0.4) is 0 Å². The van der Waals surface area contributed by atoms with E-state index in [1.54, 1.807) is 0 Å². The zero-order valence-corrected chi connectivity index (χ0v) is 8.69. The van der Waals surface area contributed by atoms with Gasteiger partial charge < -0.3 is 15.2 Å². The highest BCUT2D eigenvalue weighted by Crippen LogP contribution is 2.38. The summed E-state index contributed by atoms with van der Waals surface area (Å²) in [5.74, 6) is -2.79. The number of sulfonamides is 1. The van der Waals surface area contributed by atoms with E-state index in [4.69, 9.17) is 5.11 Å². The van der Waals surface area contributed by atoms with Crippen molar-refractivity contribution < 1.29 is 27.2 Å². The van der Waals surface area contributed by atoms with E-state index in [2.05, 4.69) is 10.1 Å². The van der Waals surface area contributed by atoms with Gasteiger partial charge in [0.15, 0.2) is 6.20 Å². The van der Waals surface area contributed by atoms with Crippen LogP contribution in [0.15, 0.2) is 11.1 Å². The minimum absolute atomic E-state index is 0.300. The van der Waals surface area contributed by atoms with E-state index >= 15 is 0 Å². The Morgan fingerprint density at radius 1 is 1.53 bits per heavy atom. The van der Waals surface area contributed by atoms with Crippen molar-refractivity contribution in [1.29, 1.82) is 0 Å². The highest BCUT2D eigenvalue weighted by molar-refractivity contribution is 7.89. The van der Waals surface area contributed by atoms with Crippen LogP contribution in [0.1, 0.15) is 12.0 Å². The van der Waals surface area contributed by atoms with Gasteiger partial charge in [-0.2, -0.15) is 0 Å². The van der Waals surface area contributed by atoms with Crippen LogP contribution in [0.2, 0.25) is 0 Å². The van der Waals surface area contributed by atoms with E-state index in [-0.39, 0.29) is 0 Å². The van der Waals surface area contributed by atoms with Crippen LogP contribution in [-0.2, 0) is 10.0 Å². The Morgan fingerprint density at radius 2 is 2.06 bits per heavy atom. The second-order valence-corrected chi connectivity index (χ2v) is 4.34. The van der Waals surface area contributed by atoms with E-state index in [1.165, 1.54) is 0 Å². The fraction of sp³-hybridized carbons (Fsp3) is 0.167. The van der Waals surface area contributed by atoms with Gasteiger partial charge in [-0.1, -0.05) is 0 Å². The summed E-state index contributed by atoms with van der Waals surface area (Å²) in [5.41, 5.74) is -1.44. The summed E-state index contributed by atoms with van der Waals surface area (Å²) in [7, 11) is -4.57. The number of pyridine rings is 1. The van der Waals surface area contributed by atoms with Crippen molar-refractivity contribution >= 4 is 15.8 Å². The zero-order chi connectivity index (χ0) is 13.4. The van der Waals surface area contributed by atoms with E-state index in [1.807, 2.05) is 0 Å². The van der Waals surface area contributed by atoms with Crippen molar-refractivity contribution in [2.75, 3.05) is 0 Å². The molecule has 0 atom stereocenters. The molecule has 0 bridgehead atoms. The van der Waals surface area contributed by atoms with Gasteiger partial charge in [0.05, 0.1) is 5.56 Å². The average molecular weight is 269 g/mol. The summed E-state index contributed by atoms with van der Waals surface area (Å²) in [6.45, 7) is 0. The Balaban J connectivity index is 3.69. The molecular formula is C6H5F2N3O5S. The number of primary sulfonamides is 1. The lowest BCUT2D eigenvalue weighted by Crippen LogP contribution is -2.16. The molecule has 0 aliphatic rings. The first-order valence-electron chi connectivity index (χ1n) is 3.83. The van der Waals surface area contributed by atoms with Gasteiger partial charge >= 0.3 is 5.82 Å². The minimum Gasteiger partial charge on any atom is -0.501 e. The van der Waals surface area contributed by atoms with Crippen LogP contribution in [-0.4, -0.2) is 23.4 Å². The molecule has 1 heterocycles. The van der Waals surface area contributed by atoms with Crippen LogP contribution in [0.4, 0.5) is 14.6 Å². The number of halogens is 2. The molecule has 0 saturated carbocycles. The fourth-order valence-corrected chi connectivity index (χ4v) is 1.75. The van der Waals surface area contributed by atoms with Gasteiger partial charge in [0.1, 0.15) is 4.90 Å². The molecule has 8 nitrogen and oxygen atoms in total. The third-order valence-electron chi connectivity index (χ3n) is 1.73. The third-order valence-corrected chi connectivity index (χ3v) is 2.67. The molecule has 0 radical (unpaired) electrons. The van der Waals surface area contributed by atoms with Gasteiger partial charge in [0.25, 0.3) is 6.43 Å². The van der Waals surface area contributed by atoms with E-state index < -0.39 is 43.4 Å². The molecule has 0 amide bonds. The summed E-state index contributed by atoms with van der Waals surface area (Å²) < 4.78 is 46.9. The third kappa shape index (κ3) is 2.45. The molecule has 0 aliphatic heterocycles. The summed E-state index contributed by atoms with van der Waals surface area (Å²) >= 11 is 0. The maximum absolute atomic E-state index is 12.5. The number of hydrogen-bond donors (Lipinski definition) is 2. The molecule has 1 aromatic rings. The van der Waals surface area contributed by atoms with Gasteiger partial charge in [0, 0.05) is 0 Å². The van der Waals surface area contributed by atoms with Gasteiger partial charge in [0.2, 0.25) is 15.8 Å². The lowest BCUT2D eigenvalue weighted by atomic mass is 10.2. The van der Waals surface area contributed by atoms with Crippen LogP contribution >= 0.6 is 0 Å². The number of aromatic hydroxyl groups is 1. The predicted octanol–water partition coefficient (Wildman–Crippen LogP) is 0.280. The largest absolute Gasteiger partial charge is 0.501 e. The monoisotopic (exact) mass is 269 g/mol. The van der Waals surface area contributed by atoms with Crippen LogP contribution in [0.25, 0.3) is 0 Å². The Morgan fingerprint density at radius 3 is 2.41 bits per heavy atom. The molecule has 0 aromatic carbocycles. The number of alkyl halides is 2. The number of nitro groups is 1. The number of aromatic nitrogens is 1. The lowest BCUT2D eigenvalue weighted by molar-refractivity contribution is -0.390. The molecule has 0 spiro atoms. The molecule has 0 saturated heterocycles. The average Bonchev–Trinajstić information content (AvgIpc) is 2.14. The Kier molecular flexibility index (Phi) is 3.24. The number of rotatable bonds is 3. The Bertz CT molecular complexity index is 573. The quantitative estimate of drug-likeness (QED) is 0.597. The fourth-order valence-electron chi connectivity index (χ4n) is 1.06. The van der Waals surface area contributed by atoms with Crippen molar-refractivity contribution in [1.82, 2.24) is 4.98 Å². The first kappa shape index (κ1) is 13.2. The first-order chi connectivity index (χ1) is 7.66. The second kappa shape index (κ2) is 4.18. The summed E-state index contributed by atoms with van der Waals surface area (Å²) in [4.78, 5) is 10.9. The second-order valence-electron chi connectivity index (χ2n) is 2.81. The van der Waals surface area contributed by atoms with Gasteiger partial charge in [-0.25, -0.2) is 22.3 Å². The zero-order valence-electron chi connectivity index (χ0n) is 7.87. The lowest BCUT2D eigenvalue weighted by Gasteiger charge is -2.07. The van der Waals surface area contributed by atoms with E-state index in [0.717, 1.165) is 0 Å². The molecule has 0 fully saturated rings. The summed E-state index contributed by atoms with van der Waals surface area (Å²) in [5, 5.41) is 24.1. The molecule has 1 aromatic heterocycles. The molecule has 0 unspecified atom stereocenters. The van der Waals surface area contributed by atoms with E-state index in [9.17, 15) is 27.3 Å². The van der Waals surface area contributed by atoms with E-state index in [0.29, 0.717) is 6.20 Å². The van der Waals surface area contributed by atoms with Crippen molar-refractivity contribution in [3.05, 3.63) is 21.9 Å². The Hall–Kier alpha value is -1.88. The van der Waals surface area contributed by atoms with Crippen molar-refractivity contribution in [2.45, 2.75) is 11.3 Å². The first-order valence-corrected chi connectivity index (χ1v) is 5.38. The number of nitrogens with zero attached hydrogens (tertiary/aromatic N) is 2. The minimum atomic E-state index is -4.57. The number of nitrogens with two attached hydrogens (primary N) is 1. The predicted molar refractivity (Wildman–Crippen MR) is 48.9 cm³/mol. The van der Waals surface area contributed by atoms with Crippen molar-refractivity contribution in [2.24, 2.45) is 5.14 Å². The molecule has 3 N–H and O–H groups in total. The molecule has 94 valence electrons. The van der Waals surface area contributed by atoms with Gasteiger partial charge in [-0.05, 0) is 9.91 Å². The summed E-state index contributed by atoms with van der Waals surface area (Å²) in [6.07, 6.45) is -3.15. The molecular weight excluding hydrogens is 264 g/mol. The highest BCUT2D eigenvalue weighted by Gasteiger charge is 2.32. The smallest absolute Gasteiger partial charge is 0.406 e. The molecule has 1 rings (SSSR count). The van der Waals surface area contributed by atoms with Crippen molar-refractivity contribution in [3.8, 4) is 5.75 Å². The van der Waals surface area contributed by atoms with Crippen LogP contribution < -0.4 is 5.14 Å². The van der Waals surface area contributed by atoms with Gasteiger partial charge in [-0.3, -0.25) is 0 Å². The van der Waals surface area contributed by atoms with Gasteiger partial charge in [-0.15, -0.1) is 0 Å². The molecule has 11 heteroatoms. The number of hydrogen-bond acceptors (Lipinski definition) is 6. The summed E-state index contributed by atoms with van der Waals surface area (Å²) in [6, 6.07) is 0. The topological polar surface area (TPSA) is 136 Å².